The van der Waals surface area contributed by atoms with Crippen LogP contribution < -0.4 is 5.73 Å². The van der Waals surface area contributed by atoms with E-state index in [9.17, 15) is 24.6 Å². The van der Waals surface area contributed by atoms with Crippen molar-refractivity contribution in [3.05, 3.63) is 58.3 Å². The van der Waals surface area contributed by atoms with Gasteiger partial charge in [-0.2, -0.15) is 15.8 Å². The molecule has 0 heterocycles. The highest BCUT2D eigenvalue weighted by Gasteiger charge is 2.54. The van der Waals surface area contributed by atoms with E-state index in [1.807, 2.05) is 24.3 Å². The van der Waals surface area contributed by atoms with Gasteiger partial charge in [0.25, 0.3) is 0 Å². The van der Waals surface area contributed by atoms with E-state index < -0.39 is 28.9 Å². The van der Waals surface area contributed by atoms with E-state index in [1.165, 1.54) is 6.07 Å². The van der Waals surface area contributed by atoms with Crippen molar-refractivity contribution in [3.63, 3.8) is 0 Å². The molecule has 0 aliphatic heterocycles. The summed E-state index contributed by atoms with van der Waals surface area (Å²) in [5.41, 5.74) is 4.91. The number of allylic oxidation sites excluding steroid dienone is 4. The Morgan fingerprint density at radius 1 is 1.16 bits per heavy atom. The predicted octanol–water partition coefficient (Wildman–Crippen LogP) is 3.56. The number of hydrogen-bond donors (Lipinski definition) is 1. The van der Waals surface area contributed by atoms with Gasteiger partial charge in [0.15, 0.2) is 5.41 Å². The standard InChI is InChI=1S/C19H14F2N4/c20-11-5-6-14(16(21)7-11)17-13-4-2-1-3-12(13)15(8-22)18(25)19(17,9-23)10-24/h3,5-7,13,17H,1-2,4,25H2/t13-,17+/m1/s1. The Bertz CT molecular complexity index is 910. The molecule has 25 heavy (non-hydrogen) atoms. The van der Waals surface area contributed by atoms with E-state index in [1.54, 1.807) is 0 Å². The van der Waals surface area contributed by atoms with Gasteiger partial charge in [0.2, 0.25) is 0 Å². The highest BCUT2D eigenvalue weighted by atomic mass is 19.1. The summed E-state index contributed by atoms with van der Waals surface area (Å²) in [7, 11) is 0. The number of benzene rings is 1. The number of fused-ring (bicyclic) bond motifs is 1. The second-order valence-corrected chi connectivity index (χ2v) is 6.27. The normalized spacial score (nSPS) is 24.4. The first-order valence-corrected chi connectivity index (χ1v) is 7.88. The van der Waals surface area contributed by atoms with E-state index in [0.29, 0.717) is 12.0 Å². The molecular weight excluding hydrogens is 322 g/mol. The quantitative estimate of drug-likeness (QED) is 0.848. The summed E-state index contributed by atoms with van der Waals surface area (Å²) in [5.74, 6) is -2.85. The van der Waals surface area contributed by atoms with Crippen LogP contribution >= 0.6 is 0 Å². The summed E-state index contributed by atoms with van der Waals surface area (Å²) in [6.45, 7) is 0. The molecule has 0 radical (unpaired) electrons. The van der Waals surface area contributed by atoms with Crippen molar-refractivity contribution in [1.82, 2.24) is 0 Å². The van der Waals surface area contributed by atoms with Gasteiger partial charge in [0, 0.05) is 12.0 Å². The highest BCUT2D eigenvalue weighted by Crippen LogP contribution is 2.56. The van der Waals surface area contributed by atoms with Gasteiger partial charge in [-0.25, -0.2) is 8.78 Å². The van der Waals surface area contributed by atoms with Gasteiger partial charge >= 0.3 is 0 Å². The lowest BCUT2D eigenvalue weighted by molar-refractivity contribution is 0.309. The molecule has 0 fully saturated rings. The Morgan fingerprint density at radius 3 is 2.48 bits per heavy atom. The van der Waals surface area contributed by atoms with Crippen LogP contribution in [0.25, 0.3) is 0 Å². The van der Waals surface area contributed by atoms with Gasteiger partial charge in [-0.1, -0.05) is 12.1 Å². The summed E-state index contributed by atoms with van der Waals surface area (Å²) < 4.78 is 27.9. The van der Waals surface area contributed by atoms with Crippen molar-refractivity contribution < 1.29 is 8.78 Å². The molecule has 2 aliphatic rings. The van der Waals surface area contributed by atoms with Crippen LogP contribution in [0.5, 0.6) is 0 Å². The van der Waals surface area contributed by atoms with E-state index in [4.69, 9.17) is 5.73 Å². The fraction of sp³-hybridized carbons (Fsp3) is 0.316. The van der Waals surface area contributed by atoms with Gasteiger partial charge in [-0.15, -0.1) is 0 Å². The molecule has 1 aromatic rings. The first-order chi connectivity index (χ1) is 12.0. The SMILES string of the molecule is N#CC1=C(N)C(C#N)(C#N)[C@H](c2ccc(F)cc2F)[C@@H]2CCCC=C12. The van der Waals surface area contributed by atoms with Crippen LogP contribution in [0.15, 0.2) is 41.1 Å². The number of nitrogens with two attached hydrogens (primary N) is 1. The van der Waals surface area contributed by atoms with Crippen LogP contribution in [0, 0.1) is 57.0 Å². The molecular formula is C19H14F2N4. The molecule has 0 unspecified atom stereocenters. The maximum atomic E-state index is 14.5. The molecule has 0 amide bonds. The van der Waals surface area contributed by atoms with Gasteiger partial charge in [-0.3, -0.25) is 0 Å². The fourth-order valence-electron chi connectivity index (χ4n) is 3.97. The molecule has 0 spiro atoms. The average Bonchev–Trinajstić information content (AvgIpc) is 2.62. The highest BCUT2D eigenvalue weighted by molar-refractivity contribution is 5.59. The molecule has 4 nitrogen and oxygen atoms in total. The van der Waals surface area contributed by atoms with Crippen LogP contribution in [0.1, 0.15) is 30.7 Å². The third-order valence-electron chi connectivity index (χ3n) is 5.10. The Hall–Kier alpha value is -3.17. The fourth-order valence-corrected chi connectivity index (χ4v) is 3.97. The van der Waals surface area contributed by atoms with E-state index in [0.717, 1.165) is 25.0 Å². The zero-order chi connectivity index (χ0) is 18.2. The topological polar surface area (TPSA) is 97.4 Å². The minimum atomic E-state index is -1.87. The zero-order valence-electron chi connectivity index (χ0n) is 13.3. The molecule has 2 atom stereocenters. The first kappa shape index (κ1) is 16.7. The van der Waals surface area contributed by atoms with E-state index in [-0.39, 0.29) is 16.8 Å². The molecule has 1 aromatic carbocycles. The Kier molecular flexibility index (Phi) is 4.03. The number of nitrogens with zero attached hydrogens (tertiary/aromatic N) is 3. The Morgan fingerprint density at radius 2 is 1.88 bits per heavy atom. The van der Waals surface area contributed by atoms with Crippen molar-refractivity contribution >= 4 is 0 Å². The van der Waals surface area contributed by atoms with Crippen molar-refractivity contribution in [2.24, 2.45) is 17.1 Å². The average molecular weight is 336 g/mol. The predicted molar refractivity (Wildman–Crippen MR) is 85.0 cm³/mol. The number of rotatable bonds is 1. The lowest BCUT2D eigenvalue weighted by Gasteiger charge is -2.43. The minimum Gasteiger partial charge on any atom is -0.399 e. The van der Waals surface area contributed by atoms with Gasteiger partial charge in [0.05, 0.1) is 23.4 Å². The molecule has 0 saturated heterocycles. The monoisotopic (exact) mass is 336 g/mol. The molecule has 0 bridgehead atoms. The molecule has 2 aliphatic carbocycles. The third-order valence-corrected chi connectivity index (χ3v) is 5.10. The van der Waals surface area contributed by atoms with Crippen LogP contribution in [0.2, 0.25) is 0 Å². The number of hydrogen-bond acceptors (Lipinski definition) is 4. The zero-order valence-corrected chi connectivity index (χ0v) is 13.3. The van der Waals surface area contributed by atoms with Gasteiger partial charge in [0.1, 0.15) is 17.7 Å². The van der Waals surface area contributed by atoms with Crippen LogP contribution in [-0.4, -0.2) is 0 Å². The van der Waals surface area contributed by atoms with Crippen molar-refractivity contribution in [2.75, 3.05) is 0 Å². The molecule has 6 heteroatoms. The molecule has 0 aromatic heterocycles. The largest absolute Gasteiger partial charge is 0.399 e. The Balaban J connectivity index is 2.36. The Labute approximate surface area is 144 Å². The van der Waals surface area contributed by atoms with Crippen LogP contribution in [-0.2, 0) is 0 Å². The number of nitriles is 3. The maximum absolute atomic E-state index is 14.5. The molecule has 124 valence electrons. The summed E-state index contributed by atoms with van der Waals surface area (Å²) in [5, 5.41) is 29.1. The number of halogens is 2. The molecule has 3 rings (SSSR count). The van der Waals surface area contributed by atoms with E-state index in [2.05, 4.69) is 0 Å². The van der Waals surface area contributed by atoms with Crippen LogP contribution in [0.3, 0.4) is 0 Å². The minimum absolute atomic E-state index is 0.0715. The summed E-state index contributed by atoms with van der Waals surface area (Å²) in [6, 6.07) is 8.94. The van der Waals surface area contributed by atoms with Gasteiger partial charge in [-0.05, 0) is 42.4 Å². The summed E-state index contributed by atoms with van der Waals surface area (Å²) >= 11 is 0. The van der Waals surface area contributed by atoms with Crippen molar-refractivity contribution in [3.8, 4) is 18.2 Å². The molecule has 2 N–H and O–H groups in total. The lowest BCUT2D eigenvalue weighted by Crippen LogP contribution is -2.43. The molecule has 0 saturated carbocycles. The summed E-state index contributed by atoms with van der Waals surface area (Å²) in [4.78, 5) is 0. The lowest BCUT2D eigenvalue weighted by atomic mass is 9.56. The maximum Gasteiger partial charge on any atom is 0.191 e. The smallest absolute Gasteiger partial charge is 0.191 e. The van der Waals surface area contributed by atoms with E-state index >= 15 is 0 Å². The summed E-state index contributed by atoms with van der Waals surface area (Å²) in [6.07, 6.45) is 4.00. The second-order valence-electron chi connectivity index (χ2n) is 6.27. The van der Waals surface area contributed by atoms with Crippen molar-refractivity contribution in [1.29, 1.82) is 15.8 Å². The first-order valence-electron chi connectivity index (χ1n) is 7.88. The van der Waals surface area contributed by atoms with Gasteiger partial charge < -0.3 is 5.73 Å². The second kappa shape index (κ2) is 6.04. The van der Waals surface area contributed by atoms with Crippen LogP contribution in [0.4, 0.5) is 8.78 Å². The third kappa shape index (κ3) is 2.29. The van der Waals surface area contributed by atoms with Crippen molar-refractivity contribution in [2.45, 2.75) is 25.2 Å².